The quantitative estimate of drug-likeness (QED) is 0.594. The lowest BCUT2D eigenvalue weighted by molar-refractivity contribution is -0.129. The maximum absolute atomic E-state index is 11.2. The van der Waals surface area contributed by atoms with Crippen LogP contribution in [0.4, 0.5) is 0 Å². The number of carbonyl (C=O) groups is 2. The number of Topliss-reactive ketones (excluding diaryl/α,β-unsaturated/α-hetero) is 1. The first-order valence-corrected chi connectivity index (χ1v) is 6.95. The molecule has 2 aromatic carbocycles. The van der Waals surface area contributed by atoms with Crippen molar-refractivity contribution < 1.29 is 14.3 Å². The largest absolute Gasteiger partial charge is 0.463 e. The Kier molecular flexibility index (Phi) is 8.22. The van der Waals surface area contributed by atoms with Gasteiger partial charge in [0.1, 0.15) is 6.61 Å². The number of benzene rings is 2. The van der Waals surface area contributed by atoms with Gasteiger partial charge in [-0.15, -0.1) is 0 Å². The Balaban J connectivity index is 0.000000211. The van der Waals surface area contributed by atoms with E-state index in [1.165, 1.54) is 0 Å². The summed E-state index contributed by atoms with van der Waals surface area (Å²) in [5.74, 6) is 0.244. The fourth-order valence-corrected chi connectivity index (χ4v) is 1.70. The molecule has 21 heavy (non-hydrogen) atoms. The minimum absolute atomic E-state index is 0.244. The maximum Gasteiger partial charge on any atom is 0.293 e. The fourth-order valence-electron chi connectivity index (χ4n) is 1.70. The van der Waals surface area contributed by atoms with E-state index in [-0.39, 0.29) is 5.78 Å². The van der Waals surface area contributed by atoms with Gasteiger partial charge in [0, 0.05) is 12.0 Å². The molecular weight excluding hydrogens is 264 g/mol. The van der Waals surface area contributed by atoms with E-state index in [9.17, 15) is 9.59 Å². The topological polar surface area (TPSA) is 43.4 Å². The lowest BCUT2D eigenvalue weighted by Gasteiger charge is -1.96. The molecule has 0 aromatic heterocycles. The lowest BCUT2D eigenvalue weighted by Crippen LogP contribution is -1.96. The molecule has 0 N–H and O–H groups in total. The number of rotatable bonds is 6. The van der Waals surface area contributed by atoms with E-state index < -0.39 is 0 Å². The minimum Gasteiger partial charge on any atom is -0.463 e. The Bertz CT molecular complexity index is 521. The summed E-state index contributed by atoms with van der Waals surface area (Å²) < 4.78 is 4.54. The molecule has 0 bridgehead atoms. The Morgan fingerprint density at radius 3 is 2.10 bits per heavy atom. The number of hydrogen-bond donors (Lipinski definition) is 0. The van der Waals surface area contributed by atoms with Gasteiger partial charge in [0.05, 0.1) is 0 Å². The Morgan fingerprint density at radius 2 is 1.57 bits per heavy atom. The van der Waals surface area contributed by atoms with Crippen molar-refractivity contribution in [1.29, 1.82) is 0 Å². The van der Waals surface area contributed by atoms with E-state index in [4.69, 9.17) is 0 Å². The third-order valence-corrected chi connectivity index (χ3v) is 2.73. The van der Waals surface area contributed by atoms with Gasteiger partial charge in [-0.1, -0.05) is 67.6 Å². The van der Waals surface area contributed by atoms with Crippen LogP contribution in [0.15, 0.2) is 60.7 Å². The van der Waals surface area contributed by atoms with Crippen molar-refractivity contribution >= 4 is 12.3 Å². The van der Waals surface area contributed by atoms with Gasteiger partial charge in [-0.05, 0) is 12.0 Å². The summed E-state index contributed by atoms with van der Waals surface area (Å²) in [5, 5.41) is 0. The van der Waals surface area contributed by atoms with Crippen LogP contribution in [0, 0.1) is 0 Å². The van der Waals surface area contributed by atoms with Crippen molar-refractivity contribution in [2.45, 2.75) is 26.4 Å². The van der Waals surface area contributed by atoms with Crippen molar-refractivity contribution in [2.24, 2.45) is 0 Å². The highest BCUT2D eigenvalue weighted by molar-refractivity contribution is 5.95. The average Bonchev–Trinajstić information content (AvgIpc) is 2.55. The third kappa shape index (κ3) is 7.06. The van der Waals surface area contributed by atoms with Crippen molar-refractivity contribution in [2.75, 3.05) is 0 Å². The van der Waals surface area contributed by atoms with E-state index in [1.54, 1.807) is 0 Å². The Hall–Kier alpha value is -2.42. The molecule has 0 saturated carbocycles. The van der Waals surface area contributed by atoms with Gasteiger partial charge >= 0.3 is 0 Å². The van der Waals surface area contributed by atoms with Crippen molar-refractivity contribution in [1.82, 2.24) is 0 Å². The molecule has 0 aliphatic heterocycles. The summed E-state index contributed by atoms with van der Waals surface area (Å²) in [4.78, 5) is 21.0. The molecule has 0 spiro atoms. The maximum atomic E-state index is 11.2. The average molecular weight is 284 g/mol. The van der Waals surface area contributed by atoms with Gasteiger partial charge in [-0.25, -0.2) is 0 Å². The monoisotopic (exact) mass is 284 g/mol. The standard InChI is InChI=1S/C10H12O.C8H8O2/c1-2-6-10(11)9-7-4-3-5-8-9;9-7-10-6-8-4-2-1-3-5-8/h3-5,7-8H,2,6H2,1H3;1-5,7H,6H2. The Labute approximate surface area is 125 Å². The molecule has 0 heterocycles. The summed E-state index contributed by atoms with van der Waals surface area (Å²) >= 11 is 0. The fraction of sp³-hybridized carbons (Fsp3) is 0.222. The molecule has 0 aliphatic carbocycles. The zero-order valence-corrected chi connectivity index (χ0v) is 12.2. The third-order valence-electron chi connectivity index (χ3n) is 2.73. The van der Waals surface area contributed by atoms with Gasteiger partial charge in [0.15, 0.2) is 5.78 Å². The molecule has 3 heteroatoms. The number of ether oxygens (including phenoxy) is 1. The molecule has 0 amide bonds. The van der Waals surface area contributed by atoms with Crippen molar-refractivity contribution in [3.63, 3.8) is 0 Å². The summed E-state index contributed by atoms with van der Waals surface area (Å²) in [7, 11) is 0. The minimum atomic E-state index is 0.244. The number of hydrogen-bond acceptors (Lipinski definition) is 3. The predicted octanol–water partition coefficient (Wildman–Crippen LogP) is 4.03. The molecule has 3 nitrogen and oxygen atoms in total. The van der Waals surface area contributed by atoms with Crippen LogP contribution in [0.2, 0.25) is 0 Å². The first-order chi connectivity index (χ1) is 10.3. The first kappa shape index (κ1) is 16.6. The second-order valence-electron chi connectivity index (χ2n) is 4.43. The molecule has 0 radical (unpaired) electrons. The lowest BCUT2D eigenvalue weighted by atomic mass is 10.1. The van der Waals surface area contributed by atoms with Crippen LogP contribution in [0.1, 0.15) is 35.7 Å². The Morgan fingerprint density at radius 1 is 1.00 bits per heavy atom. The molecule has 2 rings (SSSR count). The van der Waals surface area contributed by atoms with Crippen molar-refractivity contribution in [3.8, 4) is 0 Å². The van der Waals surface area contributed by atoms with Crippen LogP contribution in [0.3, 0.4) is 0 Å². The van der Waals surface area contributed by atoms with Crippen LogP contribution in [-0.2, 0) is 16.1 Å². The first-order valence-electron chi connectivity index (χ1n) is 6.95. The summed E-state index contributed by atoms with van der Waals surface area (Å²) in [6.45, 7) is 2.83. The van der Waals surface area contributed by atoms with Crippen LogP contribution in [0.25, 0.3) is 0 Å². The SMILES string of the molecule is CCCC(=O)c1ccccc1.O=COCc1ccccc1. The van der Waals surface area contributed by atoms with E-state index in [0.29, 0.717) is 19.5 Å². The zero-order chi connectivity index (χ0) is 15.3. The highest BCUT2D eigenvalue weighted by atomic mass is 16.5. The number of ketones is 1. The van der Waals surface area contributed by atoms with Crippen LogP contribution >= 0.6 is 0 Å². The predicted molar refractivity (Wildman–Crippen MR) is 83.0 cm³/mol. The molecule has 0 fully saturated rings. The molecule has 0 saturated heterocycles. The second-order valence-corrected chi connectivity index (χ2v) is 4.43. The smallest absolute Gasteiger partial charge is 0.293 e. The van der Waals surface area contributed by atoms with E-state index >= 15 is 0 Å². The van der Waals surface area contributed by atoms with Gasteiger partial charge in [-0.3, -0.25) is 9.59 Å². The zero-order valence-electron chi connectivity index (χ0n) is 12.2. The molecule has 0 aliphatic rings. The van der Waals surface area contributed by atoms with Crippen LogP contribution < -0.4 is 0 Å². The van der Waals surface area contributed by atoms with Gasteiger partial charge in [0.25, 0.3) is 6.47 Å². The normalized spacial score (nSPS) is 9.19. The van der Waals surface area contributed by atoms with Crippen LogP contribution in [-0.4, -0.2) is 12.3 Å². The molecular formula is C18H20O3. The second kappa shape index (κ2) is 10.4. The molecule has 0 atom stereocenters. The molecule has 110 valence electrons. The summed E-state index contributed by atoms with van der Waals surface area (Å²) in [5.41, 5.74) is 1.84. The summed E-state index contributed by atoms with van der Waals surface area (Å²) in [6, 6.07) is 19.0. The molecule has 2 aromatic rings. The van der Waals surface area contributed by atoms with Crippen LogP contribution in [0.5, 0.6) is 0 Å². The van der Waals surface area contributed by atoms with Gasteiger partial charge in [0.2, 0.25) is 0 Å². The highest BCUT2D eigenvalue weighted by Gasteiger charge is 2.01. The van der Waals surface area contributed by atoms with E-state index in [1.807, 2.05) is 67.6 Å². The van der Waals surface area contributed by atoms with Crippen molar-refractivity contribution in [3.05, 3.63) is 71.8 Å². The number of carbonyl (C=O) groups excluding carboxylic acids is 2. The highest BCUT2D eigenvalue weighted by Crippen LogP contribution is 2.03. The summed E-state index contributed by atoms with van der Waals surface area (Å²) in [6.07, 6.45) is 1.58. The molecule has 0 unspecified atom stereocenters. The van der Waals surface area contributed by atoms with Gasteiger partial charge in [-0.2, -0.15) is 0 Å². The van der Waals surface area contributed by atoms with E-state index in [2.05, 4.69) is 4.74 Å². The van der Waals surface area contributed by atoms with E-state index in [0.717, 1.165) is 17.5 Å². The van der Waals surface area contributed by atoms with Gasteiger partial charge < -0.3 is 4.74 Å².